The second kappa shape index (κ2) is 7.42. The standard InChI is InChI=1S/C19H20ClFN2O2/c1-22-10-4-5-14(22)12-23(19(24)25)18-7-3-2-6-15(18)16-11-13(20)8-9-17(16)21/h2-3,6-9,11,14H,4-5,10,12H2,1H3,(H,24,25). The van der Waals surface area contributed by atoms with Crippen LogP contribution in [0.1, 0.15) is 12.8 Å². The van der Waals surface area contributed by atoms with Gasteiger partial charge in [0.15, 0.2) is 0 Å². The van der Waals surface area contributed by atoms with Crippen molar-refractivity contribution >= 4 is 23.4 Å². The molecule has 0 aromatic heterocycles. The molecule has 4 nitrogen and oxygen atoms in total. The fourth-order valence-electron chi connectivity index (χ4n) is 3.34. The van der Waals surface area contributed by atoms with Gasteiger partial charge in [-0.2, -0.15) is 0 Å². The number of benzene rings is 2. The Morgan fingerprint density at radius 1 is 1.32 bits per heavy atom. The zero-order valence-electron chi connectivity index (χ0n) is 14.0. The number of likely N-dealkylation sites (tertiary alicyclic amines) is 1. The van der Waals surface area contributed by atoms with Gasteiger partial charge in [-0.25, -0.2) is 9.18 Å². The van der Waals surface area contributed by atoms with E-state index in [0.717, 1.165) is 19.4 Å². The van der Waals surface area contributed by atoms with Crippen LogP contribution < -0.4 is 4.90 Å². The van der Waals surface area contributed by atoms with Crippen LogP contribution >= 0.6 is 11.6 Å². The van der Waals surface area contributed by atoms with E-state index in [2.05, 4.69) is 4.90 Å². The van der Waals surface area contributed by atoms with Crippen LogP contribution in [-0.2, 0) is 0 Å². The Hall–Kier alpha value is -2.11. The molecule has 2 aromatic rings. The van der Waals surface area contributed by atoms with Crippen molar-refractivity contribution in [3.8, 4) is 11.1 Å². The van der Waals surface area contributed by atoms with Gasteiger partial charge < -0.3 is 10.0 Å². The van der Waals surface area contributed by atoms with Crippen LogP contribution in [0, 0.1) is 5.82 Å². The maximum Gasteiger partial charge on any atom is 0.411 e. The molecule has 132 valence electrons. The second-order valence-electron chi connectivity index (χ2n) is 6.31. The molecular weight excluding hydrogens is 343 g/mol. The quantitative estimate of drug-likeness (QED) is 0.855. The Balaban J connectivity index is 2.02. The number of hydrogen-bond acceptors (Lipinski definition) is 2. The third kappa shape index (κ3) is 3.78. The Morgan fingerprint density at radius 2 is 2.08 bits per heavy atom. The molecule has 6 heteroatoms. The van der Waals surface area contributed by atoms with Crippen LogP contribution in [0.15, 0.2) is 42.5 Å². The van der Waals surface area contributed by atoms with Gasteiger partial charge in [0.25, 0.3) is 0 Å². The first-order chi connectivity index (χ1) is 12.0. The SMILES string of the molecule is CN1CCCC1CN(C(=O)O)c1ccccc1-c1cc(Cl)ccc1F. The fraction of sp³-hybridized carbons (Fsp3) is 0.316. The molecule has 25 heavy (non-hydrogen) atoms. The van der Waals surface area contributed by atoms with Crippen LogP contribution in [0.25, 0.3) is 11.1 Å². The van der Waals surface area contributed by atoms with Gasteiger partial charge in [0.05, 0.1) is 5.69 Å². The van der Waals surface area contributed by atoms with Gasteiger partial charge in [0.1, 0.15) is 5.82 Å². The lowest BCUT2D eigenvalue weighted by atomic mass is 10.0. The lowest BCUT2D eigenvalue weighted by molar-refractivity contribution is 0.198. The number of nitrogens with zero attached hydrogens (tertiary/aromatic N) is 2. The lowest BCUT2D eigenvalue weighted by Crippen LogP contribution is -2.41. The number of rotatable bonds is 4. The van der Waals surface area contributed by atoms with Gasteiger partial charge in [-0.05, 0) is 50.7 Å². The van der Waals surface area contributed by atoms with Gasteiger partial charge in [-0.15, -0.1) is 0 Å². The van der Waals surface area contributed by atoms with Crippen LogP contribution in [0.5, 0.6) is 0 Å². The summed E-state index contributed by atoms with van der Waals surface area (Å²) in [7, 11) is 2.00. The highest BCUT2D eigenvalue weighted by Crippen LogP contribution is 2.34. The van der Waals surface area contributed by atoms with Crippen molar-refractivity contribution < 1.29 is 14.3 Å². The molecule has 1 N–H and O–H groups in total. The normalized spacial score (nSPS) is 17.6. The summed E-state index contributed by atoms with van der Waals surface area (Å²) in [5.74, 6) is -0.430. The van der Waals surface area contributed by atoms with Crippen LogP contribution in [0.2, 0.25) is 5.02 Å². The highest BCUT2D eigenvalue weighted by molar-refractivity contribution is 6.30. The number of carbonyl (C=O) groups is 1. The molecule has 1 unspecified atom stereocenters. The summed E-state index contributed by atoms with van der Waals surface area (Å²) in [6, 6.07) is 11.4. The minimum absolute atomic E-state index is 0.161. The van der Waals surface area contributed by atoms with E-state index in [1.807, 2.05) is 7.05 Å². The summed E-state index contributed by atoms with van der Waals surface area (Å²) in [4.78, 5) is 15.4. The first kappa shape index (κ1) is 17.7. The van der Waals surface area contributed by atoms with E-state index >= 15 is 0 Å². The number of likely N-dealkylation sites (N-methyl/N-ethyl adjacent to an activating group) is 1. The average Bonchev–Trinajstić information content (AvgIpc) is 2.99. The number of para-hydroxylation sites is 1. The molecule has 1 aliphatic heterocycles. The molecule has 1 saturated heterocycles. The maximum atomic E-state index is 14.3. The minimum Gasteiger partial charge on any atom is -0.465 e. The molecule has 0 radical (unpaired) electrons. The van der Waals surface area contributed by atoms with E-state index in [-0.39, 0.29) is 6.04 Å². The zero-order valence-corrected chi connectivity index (χ0v) is 14.7. The van der Waals surface area contributed by atoms with Crippen LogP contribution in [0.4, 0.5) is 14.9 Å². The summed E-state index contributed by atoms with van der Waals surface area (Å²) in [5, 5.41) is 10.2. The zero-order chi connectivity index (χ0) is 18.0. The molecule has 1 atom stereocenters. The van der Waals surface area contributed by atoms with Crippen molar-refractivity contribution in [3.05, 3.63) is 53.3 Å². The molecule has 0 bridgehead atoms. The van der Waals surface area contributed by atoms with E-state index < -0.39 is 11.9 Å². The number of amides is 1. The Morgan fingerprint density at radius 3 is 2.76 bits per heavy atom. The van der Waals surface area contributed by atoms with Gasteiger partial charge in [-0.3, -0.25) is 4.90 Å². The van der Waals surface area contributed by atoms with Gasteiger partial charge >= 0.3 is 6.09 Å². The fourth-order valence-corrected chi connectivity index (χ4v) is 3.51. The molecule has 2 aromatic carbocycles. The molecular formula is C19H20ClFN2O2. The number of carboxylic acid groups (broad SMARTS) is 1. The van der Waals surface area contributed by atoms with Crippen LogP contribution in [-0.4, -0.2) is 42.3 Å². The molecule has 1 heterocycles. The summed E-state index contributed by atoms with van der Waals surface area (Å²) >= 11 is 6.01. The molecule has 1 amide bonds. The average molecular weight is 363 g/mol. The monoisotopic (exact) mass is 362 g/mol. The van der Waals surface area contributed by atoms with E-state index in [1.54, 1.807) is 24.3 Å². The summed E-state index contributed by atoms with van der Waals surface area (Å²) in [6.07, 6.45) is 0.961. The second-order valence-corrected chi connectivity index (χ2v) is 6.75. The largest absolute Gasteiger partial charge is 0.465 e. The van der Waals surface area contributed by atoms with Crippen molar-refractivity contribution in [1.82, 2.24) is 4.90 Å². The third-order valence-electron chi connectivity index (χ3n) is 4.71. The molecule has 1 aliphatic rings. The minimum atomic E-state index is -1.05. The molecule has 0 aliphatic carbocycles. The van der Waals surface area contributed by atoms with E-state index in [9.17, 15) is 14.3 Å². The number of anilines is 1. The Bertz CT molecular complexity index is 784. The van der Waals surface area contributed by atoms with Crippen molar-refractivity contribution in [2.45, 2.75) is 18.9 Å². The van der Waals surface area contributed by atoms with E-state index in [4.69, 9.17) is 11.6 Å². The third-order valence-corrected chi connectivity index (χ3v) is 4.94. The number of hydrogen-bond donors (Lipinski definition) is 1. The molecule has 1 fully saturated rings. The topological polar surface area (TPSA) is 43.8 Å². The molecule has 3 rings (SSSR count). The van der Waals surface area contributed by atoms with Crippen molar-refractivity contribution in [2.24, 2.45) is 0 Å². The highest BCUT2D eigenvalue weighted by atomic mass is 35.5. The summed E-state index contributed by atoms with van der Waals surface area (Å²) < 4.78 is 14.3. The van der Waals surface area contributed by atoms with Crippen molar-refractivity contribution in [3.63, 3.8) is 0 Å². The first-order valence-corrected chi connectivity index (χ1v) is 8.60. The first-order valence-electron chi connectivity index (χ1n) is 8.22. The summed E-state index contributed by atoms with van der Waals surface area (Å²) in [5.41, 5.74) is 1.29. The van der Waals surface area contributed by atoms with Crippen LogP contribution in [0.3, 0.4) is 0 Å². The van der Waals surface area contributed by atoms with Gasteiger partial charge in [0, 0.05) is 28.7 Å². The lowest BCUT2D eigenvalue weighted by Gasteiger charge is -2.28. The molecule has 0 saturated carbocycles. The Kier molecular flexibility index (Phi) is 5.25. The summed E-state index contributed by atoms with van der Waals surface area (Å²) in [6.45, 7) is 1.31. The predicted molar refractivity (Wildman–Crippen MR) is 97.9 cm³/mol. The predicted octanol–water partition coefficient (Wildman–Crippen LogP) is 4.72. The van der Waals surface area contributed by atoms with Gasteiger partial charge in [-0.1, -0.05) is 29.8 Å². The smallest absolute Gasteiger partial charge is 0.411 e. The maximum absolute atomic E-state index is 14.3. The Labute approximate surface area is 151 Å². The molecule has 0 spiro atoms. The number of halogens is 2. The van der Waals surface area contributed by atoms with E-state index in [0.29, 0.717) is 28.4 Å². The van der Waals surface area contributed by atoms with Crippen molar-refractivity contribution in [2.75, 3.05) is 25.0 Å². The van der Waals surface area contributed by atoms with Gasteiger partial charge in [0.2, 0.25) is 0 Å². The van der Waals surface area contributed by atoms with Crippen molar-refractivity contribution in [1.29, 1.82) is 0 Å². The van der Waals surface area contributed by atoms with E-state index in [1.165, 1.54) is 23.1 Å². The highest BCUT2D eigenvalue weighted by Gasteiger charge is 2.28.